The predicted octanol–water partition coefficient (Wildman–Crippen LogP) is 3.28. The molecule has 0 bridgehead atoms. The number of hydrogen-bond acceptors (Lipinski definition) is 2. The normalized spacial score (nSPS) is 24.7. The Bertz CT molecular complexity index is 241. The summed E-state index contributed by atoms with van der Waals surface area (Å²) in [6.07, 6.45) is 9.94. The Kier molecular flexibility index (Phi) is 5.08. The van der Waals surface area contributed by atoms with E-state index in [1.165, 1.54) is 64.6 Å². The predicted molar refractivity (Wildman–Crippen MR) is 78.9 cm³/mol. The van der Waals surface area contributed by atoms with Gasteiger partial charge in [-0.25, -0.2) is 0 Å². The van der Waals surface area contributed by atoms with Gasteiger partial charge in [0.05, 0.1) is 0 Å². The maximum absolute atomic E-state index is 3.68. The quantitative estimate of drug-likeness (QED) is 0.667. The van der Waals surface area contributed by atoms with E-state index in [4.69, 9.17) is 0 Å². The first kappa shape index (κ1) is 14.3. The van der Waals surface area contributed by atoms with Crippen molar-refractivity contribution >= 4 is 0 Å². The van der Waals surface area contributed by atoms with Crippen LogP contribution >= 0.6 is 0 Å². The highest BCUT2D eigenvalue weighted by Crippen LogP contribution is 2.40. The van der Waals surface area contributed by atoms with Gasteiger partial charge in [-0.15, -0.1) is 0 Å². The lowest BCUT2D eigenvalue weighted by Gasteiger charge is -2.37. The maximum atomic E-state index is 3.68. The maximum Gasteiger partial charge on any atom is 0.00923 e. The van der Waals surface area contributed by atoms with E-state index in [0.717, 1.165) is 12.0 Å². The fourth-order valence-electron chi connectivity index (χ4n) is 3.66. The van der Waals surface area contributed by atoms with Crippen molar-refractivity contribution < 1.29 is 0 Å². The summed E-state index contributed by atoms with van der Waals surface area (Å²) in [5.74, 6) is 0.997. The molecule has 2 aliphatic carbocycles. The van der Waals surface area contributed by atoms with Crippen molar-refractivity contribution in [3.05, 3.63) is 0 Å². The van der Waals surface area contributed by atoms with E-state index in [-0.39, 0.29) is 0 Å². The van der Waals surface area contributed by atoms with Gasteiger partial charge in [0.15, 0.2) is 0 Å². The van der Waals surface area contributed by atoms with Crippen LogP contribution in [0.3, 0.4) is 0 Å². The fraction of sp³-hybridized carbons (Fsp3) is 1.00. The minimum absolute atomic E-state index is 0.576. The fourth-order valence-corrected chi connectivity index (χ4v) is 3.66. The van der Waals surface area contributed by atoms with Crippen molar-refractivity contribution in [1.29, 1.82) is 0 Å². The van der Waals surface area contributed by atoms with Crippen LogP contribution in [0.4, 0.5) is 0 Å². The second-order valence-corrected chi connectivity index (χ2v) is 6.88. The summed E-state index contributed by atoms with van der Waals surface area (Å²) >= 11 is 0. The molecule has 1 unspecified atom stereocenters. The van der Waals surface area contributed by atoms with Gasteiger partial charge in [0.1, 0.15) is 0 Å². The van der Waals surface area contributed by atoms with Crippen molar-refractivity contribution in [1.82, 2.24) is 10.2 Å². The van der Waals surface area contributed by atoms with Crippen LogP contribution in [0.15, 0.2) is 0 Å². The molecule has 0 aromatic rings. The standard InChI is InChI=1S/C16H32N2/c1-4-11-17-12-16(9-5-6-10-16)13-18(3)14(2)15-7-8-15/h14-15,17H,4-13H2,1-3H3. The molecule has 0 aromatic carbocycles. The highest BCUT2D eigenvalue weighted by atomic mass is 15.1. The molecule has 0 heterocycles. The third kappa shape index (κ3) is 3.71. The van der Waals surface area contributed by atoms with Crippen LogP contribution in [0.25, 0.3) is 0 Å². The van der Waals surface area contributed by atoms with Crippen LogP contribution in [-0.4, -0.2) is 37.6 Å². The van der Waals surface area contributed by atoms with Gasteiger partial charge in [0, 0.05) is 19.1 Å². The van der Waals surface area contributed by atoms with Crippen molar-refractivity contribution in [2.45, 2.75) is 64.8 Å². The van der Waals surface area contributed by atoms with E-state index in [1.807, 2.05) is 0 Å². The average Bonchev–Trinajstić information content (AvgIpc) is 3.11. The molecule has 106 valence electrons. The van der Waals surface area contributed by atoms with Gasteiger partial charge in [-0.2, -0.15) is 0 Å². The van der Waals surface area contributed by atoms with Crippen molar-refractivity contribution in [3.8, 4) is 0 Å². The summed E-state index contributed by atoms with van der Waals surface area (Å²) in [6, 6.07) is 0.800. The van der Waals surface area contributed by atoms with Gasteiger partial charge in [0.2, 0.25) is 0 Å². The lowest BCUT2D eigenvalue weighted by molar-refractivity contribution is 0.131. The first-order chi connectivity index (χ1) is 8.67. The van der Waals surface area contributed by atoms with Gasteiger partial charge in [-0.05, 0) is 64.0 Å². The molecule has 0 saturated heterocycles. The van der Waals surface area contributed by atoms with Gasteiger partial charge in [-0.1, -0.05) is 19.8 Å². The van der Waals surface area contributed by atoms with Gasteiger partial charge in [0.25, 0.3) is 0 Å². The molecule has 2 heteroatoms. The number of nitrogens with zero attached hydrogens (tertiary/aromatic N) is 1. The zero-order chi connectivity index (χ0) is 13.0. The molecule has 0 spiro atoms. The molecular weight excluding hydrogens is 220 g/mol. The molecule has 0 amide bonds. The van der Waals surface area contributed by atoms with E-state index in [9.17, 15) is 0 Å². The van der Waals surface area contributed by atoms with Crippen LogP contribution in [-0.2, 0) is 0 Å². The molecule has 0 radical (unpaired) electrons. The summed E-state index contributed by atoms with van der Waals surface area (Å²) in [5.41, 5.74) is 0.576. The second kappa shape index (κ2) is 6.38. The van der Waals surface area contributed by atoms with Gasteiger partial charge in [-0.3, -0.25) is 0 Å². The minimum atomic E-state index is 0.576. The lowest BCUT2D eigenvalue weighted by Crippen LogP contribution is -2.44. The van der Waals surface area contributed by atoms with E-state index in [2.05, 4.69) is 31.1 Å². The van der Waals surface area contributed by atoms with E-state index >= 15 is 0 Å². The largest absolute Gasteiger partial charge is 0.316 e. The lowest BCUT2D eigenvalue weighted by atomic mass is 9.85. The summed E-state index contributed by atoms with van der Waals surface area (Å²) < 4.78 is 0. The zero-order valence-electron chi connectivity index (χ0n) is 12.7. The summed E-state index contributed by atoms with van der Waals surface area (Å²) in [6.45, 7) is 8.42. The van der Waals surface area contributed by atoms with Crippen molar-refractivity contribution in [3.63, 3.8) is 0 Å². The highest BCUT2D eigenvalue weighted by Gasteiger charge is 2.38. The molecular formula is C16H32N2. The van der Waals surface area contributed by atoms with Crippen LogP contribution < -0.4 is 5.32 Å². The number of rotatable bonds is 8. The van der Waals surface area contributed by atoms with E-state index in [0.29, 0.717) is 5.41 Å². The van der Waals surface area contributed by atoms with Crippen molar-refractivity contribution in [2.24, 2.45) is 11.3 Å². The average molecular weight is 252 g/mol. The molecule has 0 aromatic heterocycles. The van der Waals surface area contributed by atoms with E-state index in [1.54, 1.807) is 0 Å². The first-order valence-electron chi connectivity index (χ1n) is 8.08. The molecule has 2 saturated carbocycles. The van der Waals surface area contributed by atoms with Crippen LogP contribution in [0.1, 0.15) is 58.8 Å². The number of hydrogen-bond donors (Lipinski definition) is 1. The summed E-state index contributed by atoms with van der Waals surface area (Å²) in [4.78, 5) is 2.65. The Morgan fingerprint density at radius 2 is 1.94 bits per heavy atom. The molecule has 18 heavy (non-hydrogen) atoms. The molecule has 2 rings (SSSR count). The van der Waals surface area contributed by atoms with Crippen molar-refractivity contribution in [2.75, 3.05) is 26.7 Å². The molecule has 2 nitrogen and oxygen atoms in total. The zero-order valence-corrected chi connectivity index (χ0v) is 12.7. The monoisotopic (exact) mass is 252 g/mol. The summed E-state index contributed by atoms with van der Waals surface area (Å²) in [5, 5.41) is 3.68. The molecule has 2 aliphatic rings. The van der Waals surface area contributed by atoms with Crippen LogP contribution in [0.2, 0.25) is 0 Å². The van der Waals surface area contributed by atoms with Gasteiger partial charge >= 0.3 is 0 Å². The van der Waals surface area contributed by atoms with Crippen LogP contribution in [0, 0.1) is 11.3 Å². The number of nitrogens with one attached hydrogen (secondary N) is 1. The Morgan fingerprint density at radius 1 is 1.28 bits per heavy atom. The Balaban J connectivity index is 1.84. The molecule has 1 atom stereocenters. The third-order valence-corrected chi connectivity index (χ3v) is 5.18. The van der Waals surface area contributed by atoms with Crippen LogP contribution in [0.5, 0.6) is 0 Å². The topological polar surface area (TPSA) is 15.3 Å². The highest BCUT2D eigenvalue weighted by molar-refractivity contribution is 4.92. The van der Waals surface area contributed by atoms with E-state index < -0.39 is 0 Å². The smallest absolute Gasteiger partial charge is 0.00923 e. The molecule has 0 aliphatic heterocycles. The second-order valence-electron chi connectivity index (χ2n) is 6.88. The third-order valence-electron chi connectivity index (χ3n) is 5.18. The van der Waals surface area contributed by atoms with Gasteiger partial charge < -0.3 is 10.2 Å². The SMILES string of the molecule is CCCNCC1(CN(C)C(C)C2CC2)CCCC1. The molecule has 1 N–H and O–H groups in total. The minimum Gasteiger partial charge on any atom is -0.316 e. The first-order valence-corrected chi connectivity index (χ1v) is 8.08. The Labute approximate surface area is 114 Å². The summed E-state index contributed by atoms with van der Waals surface area (Å²) in [7, 11) is 2.35. The Hall–Kier alpha value is -0.0800. The Morgan fingerprint density at radius 3 is 2.50 bits per heavy atom. The molecule has 2 fully saturated rings.